The number of methoxy groups -OCH3 is 1. The van der Waals surface area contributed by atoms with E-state index < -0.39 is 12.0 Å². The van der Waals surface area contributed by atoms with Crippen LogP contribution in [0.25, 0.3) is 0 Å². The Labute approximate surface area is 123 Å². The molecule has 1 saturated carbocycles. The topological polar surface area (TPSA) is 55.4 Å². The van der Waals surface area contributed by atoms with Gasteiger partial charge in [0.2, 0.25) is 0 Å². The van der Waals surface area contributed by atoms with Gasteiger partial charge in [-0.2, -0.15) is 0 Å². The SMILES string of the molecule is COC(=O)CC(NC1CCCC1)C(=O)c1ccc(F)cc1. The van der Waals surface area contributed by atoms with Gasteiger partial charge in [0, 0.05) is 11.6 Å². The van der Waals surface area contributed by atoms with Crippen LogP contribution >= 0.6 is 0 Å². The maximum atomic E-state index is 12.9. The van der Waals surface area contributed by atoms with Crippen molar-refractivity contribution in [2.75, 3.05) is 7.11 Å². The van der Waals surface area contributed by atoms with E-state index in [4.69, 9.17) is 0 Å². The second kappa shape index (κ2) is 7.31. The van der Waals surface area contributed by atoms with Gasteiger partial charge in [-0.25, -0.2) is 4.39 Å². The smallest absolute Gasteiger partial charge is 0.307 e. The molecule has 0 amide bonds. The fourth-order valence-electron chi connectivity index (χ4n) is 2.67. The average Bonchev–Trinajstić information content (AvgIpc) is 2.99. The molecule has 0 radical (unpaired) electrons. The normalized spacial score (nSPS) is 16.7. The summed E-state index contributed by atoms with van der Waals surface area (Å²) in [6.07, 6.45) is 4.27. The lowest BCUT2D eigenvalue weighted by molar-refractivity contribution is -0.141. The predicted molar refractivity (Wildman–Crippen MR) is 76.5 cm³/mol. The van der Waals surface area contributed by atoms with Gasteiger partial charge >= 0.3 is 5.97 Å². The zero-order valence-electron chi connectivity index (χ0n) is 12.1. The Morgan fingerprint density at radius 2 is 1.90 bits per heavy atom. The Morgan fingerprint density at radius 1 is 1.29 bits per heavy atom. The number of hydrogen-bond donors (Lipinski definition) is 1. The van der Waals surface area contributed by atoms with Crippen LogP contribution in [0.3, 0.4) is 0 Å². The molecule has 0 heterocycles. The van der Waals surface area contributed by atoms with Gasteiger partial charge in [0.05, 0.1) is 19.6 Å². The van der Waals surface area contributed by atoms with Crippen LogP contribution in [0, 0.1) is 5.82 Å². The monoisotopic (exact) mass is 293 g/mol. The number of nitrogens with one attached hydrogen (secondary N) is 1. The number of ether oxygens (including phenoxy) is 1. The number of carbonyl (C=O) groups is 2. The highest BCUT2D eigenvalue weighted by molar-refractivity contribution is 6.01. The van der Waals surface area contributed by atoms with Crippen molar-refractivity contribution in [2.24, 2.45) is 0 Å². The van der Waals surface area contributed by atoms with E-state index in [1.165, 1.54) is 31.4 Å². The summed E-state index contributed by atoms with van der Waals surface area (Å²) >= 11 is 0. The Bertz CT molecular complexity index is 495. The molecule has 0 bridgehead atoms. The minimum atomic E-state index is -0.619. The summed E-state index contributed by atoms with van der Waals surface area (Å²) in [7, 11) is 1.30. The second-order valence-corrected chi connectivity index (χ2v) is 5.35. The molecule has 5 heteroatoms. The molecule has 1 aliphatic carbocycles. The number of rotatable bonds is 6. The minimum absolute atomic E-state index is 0.0107. The Balaban J connectivity index is 2.10. The van der Waals surface area contributed by atoms with Crippen molar-refractivity contribution in [3.8, 4) is 0 Å². The highest BCUT2D eigenvalue weighted by Crippen LogP contribution is 2.20. The first kappa shape index (κ1) is 15.6. The van der Waals surface area contributed by atoms with Gasteiger partial charge in [-0.15, -0.1) is 0 Å². The van der Waals surface area contributed by atoms with Crippen LogP contribution < -0.4 is 5.32 Å². The highest BCUT2D eigenvalue weighted by Gasteiger charge is 2.27. The van der Waals surface area contributed by atoms with E-state index in [-0.39, 0.29) is 24.1 Å². The summed E-state index contributed by atoms with van der Waals surface area (Å²) in [5.74, 6) is -1.02. The number of Topliss-reactive ketones (excluding diaryl/α,β-unsaturated/α-hetero) is 1. The zero-order chi connectivity index (χ0) is 15.2. The number of halogens is 1. The van der Waals surface area contributed by atoms with Gasteiger partial charge in [-0.05, 0) is 37.1 Å². The molecule has 1 atom stereocenters. The fourth-order valence-corrected chi connectivity index (χ4v) is 2.67. The van der Waals surface area contributed by atoms with E-state index in [1.807, 2.05) is 0 Å². The van der Waals surface area contributed by atoms with Crippen LogP contribution in [0.2, 0.25) is 0 Å². The molecule has 1 aliphatic rings. The number of ketones is 1. The third-order valence-corrected chi connectivity index (χ3v) is 3.84. The third-order valence-electron chi connectivity index (χ3n) is 3.84. The molecule has 1 aromatic rings. The van der Waals surface area contributed by atoms with Crippen molar-refractivity contribution >= 4 is 11.8 Å². The predicted octanol–water partition coefficient (Wildman–Crippen LogP) is 2.47. The molecule has 0 spiro atoms. The Morgan fingerprint density at radius 3 is 2.48 bits per heavy atom. The summed E-state index contributed by atoms with van der Waals surface area (Å²) < 4.78 is 17.6. The molecule has 0 saturated heterocycles. The third kappa shape index (κ3) is 4.36. The zero-order valence-corrected chi connectivity index (χ0v) is 12.1. The molecule has 1 unspecified atom stereocenters. The molecule has 4 nitrogen and oxygen atoms in total. The van der Waals surface area contributed by atoms with Crippen LogP contribution in [-0.2, 0) is 9.53 Å². The summed E-state index contributed by atoms with van der Waals surface area (Å²) in [4.78, 5) is 24.0. The van der Waals surface area contributed by atoms with E-state index in [2.05, 4.69) is 10.1 Å². The summed E-state index contributed by atoms with van der Waals surface area (Å²) in [5, 5.41) is 3.25. The Kier molecular flexibility index (Phi) is 5.44. The van der Waals surface area contributed by atoms with Gasteiger partial charge in [0.1, 0.15) is 5.82 Å². The summed E-state index contributed by atoms with van der Waals surface area (Å²) in [5.41, 5.74) is 0.399. The van der Waals surface area contributed by atoms with Crippen molar-refractivity contribution in [1.82, 2.24) is 5.32 Å². The van der Waals surface area contributed by atoms with Gasteiger partial charge in [-0.1, -0.05) is 12.8 Å². The quantitative estimate of drug-likeness (QED) is 0.646. The van der Waals surface area contributed by atoms with Gasteiger partial charge in [0.15, 0.2) is 5.78 Å². The highest BCUT2D eigenvalue weighted by atomic mass is 19.1. The van der Waals surface area contributed by atoms with E-state index in [0.29, 0.717) is 5.56 Å². The van der Waals surface area contributed by atoms with Crippen LogP contribution in [0.1, 0.15) is 42.5 Å². The Hall–Kier alpha value is -1.75. The standard InChI is InChI=1S/C16H20FNO3/c1-21-15(19)10-14(18-13-4-2-3-5-13)16(20)11-6-8-12(17)9-7-11/h6-9,13-14,18H,2-5,10H2,1H3. The van der Waals surface area contributed by atoms with Crippen LogP contribution in [-0.4, -0.2) is 30.9 Å². The van der Waals surface area contributed by atoms with Crippen LogP contribution in [0.15, 0.2) is 24.3 Å². The summed E-state index contributed by atoms with van der Waals surface area (Å²) in [6, 6.07) is 5.02. The minimum Gasteiger partial charge on any atom is -0.469 e. The van der Waals surface area contributed by atoms with Crippen LogP contribution in [0.4, 0.5) is 4.39 Å². The molecule has 114 valence electrons. The van der Waals surface area contributed by atoms with Gasteiger partial charge in [-0.3, -0.25) is 9.59 Å². The van der Waals surface area contributed by atoms with Crippen molar-refractivity contribution in [2.45, 2.75) is 44.2 Å². The van der Waals surface area contributed by atoms with E-state index in [9.17, 15) is 14.0 Å². The molecule has 0 aromatic heterocycles. The lowest BCUT2D eigenvalue weighted by Gasteiger charge is -2.21. The average molecular weight is 293 g/mol. The lowest BCUT2D eigenvalue weighted by Crippen LogP contribution is -2.43. The first-order chi connectivity index (χ1) is 10.1. The molecular weight excluding hydrogens is 273 g/mol. The number of esters is 1. The lowest BCUT2D eigenvalue weighted by atomic mass is 10.00. The van der Waals surface area contributed by atoms with E-state index in [0.717, 1.165) is 25.7 Å². The van der Waals surface area contributed by atoms with Gasteiger partial charge in [0.25, 0.3) is 0 Å². The first-order valence-electron chi connectivity index (χ1n) is 7.23. The summed E-state index contributed by atoms with van der Waals surface area (Å²) in [6.45, 7) is 0. The van der Waals surface area contributed by atoms with Gasteiger partial charge < -0.3 is 10.1 Å². The van der Waals surface area contributed by atoms with Crippen molar-refractivity contribution in [3.05, 3.63) is 35.6 Å². The molecule has 0 aliphatic heterocycles. The molecule has 1 fully saturated rings. The van der Waals surface area contributed by atoms with Crippen molar-refractivity contribution in [1.29, 1.82) is 0 Å². The number of benzene rings is 1. The molecular formula is C16H20FNO3. The molecule has 2 rings (SSSR count). The second-order valence-electron chi connectivity index (χ2n) is 5.35. The largest absolute Gasteiger partial charge is 0.469 e. The van der Waals surface area contributed by atoms with E-state index in [1.54, 1.807) is 0 Å². The maximum Gasteiger partial charge on any atom is 0.307 e. The fraction of sp³-hybridized carbons (Fsp3) is 0.500. The number of carbonyl (C=O) groups excluding carboxylic acids is 2. The molecule has 21 heavy (non-hydrogen) atoms. The maximum absolute atomic E-state index is 12.9. The molecule has 1 N–H and O–H groups in total. The molecule has 1 aromatic carbocycles. The van der Waals surface area contributed by atoms with E-state index >= 15 is 0 Å². The van der Waals surface area contributed by atoms with Crippen molar-refractivity contribution < 1.29 is 18.7 Å². The van der Waals surface area contributed by atoms with Crippen LogP contribution in [0.5, 0.6) is 0 Å². The first-order valence-corrected chi connectivity index (χ1v) is 7.23. The number of hydrogen-bond acceptors (Lipinski definition) is 4. The van der Waals surface area contributed by atoms with Crippen molar-refractivity contribution in [3.63, 3.8) is 0 Å².